The Morgan fingerprint density at radius 2 is 1.88 bits per heavy atom. The van der Waals surface area contributed by atoms with Crippen molar-refractivity contribution in [1.29, 1.82) is 5.26 Å². The van der Waals surface area contributed by atoms with Gasteiger partial charge in [0.15, 0.2) is 0 Å². The minimum absolute atomic E-state index is 0.251. The molecule has 0 atom stereocenters. The maximum atomic E-state index is 12.8. The molecule has 1 heterocycles. The Balaban J connectivity index is 2.01. The summed E-state index contributed by atoms with van der Waals surface area (Å²) in [5.74, 6) is -0.672. The zero-order valence-electron chi connectivity index (χ0n) is 14.1. The molecule has 0 saturated heterocycles. The van der Waals surface area contributed by atoms with Gasteiger partial charge in [-0.15, -0.1) is 0 Å². The first-order valence-corrected chi connectivity index (χ1v) is 8.23. The third-order valence-electron chi connectivity index (χ3n) is 4.42. The van der Waals surface area contributed by atoms with Gasteiger partial charge in [0.05, 0.1) is 28.7 Å². The molecule has 4 rings (SSSR count). The quantitative estimate of drug-likeness (QED) is 0.679. The second-order valence-corrected chi connectivity index (χ2v) is 6.30. The van der Waals surface area contributed by atoms with Crippen LogP contribution in [0.4, 0.5) is 17.1 Å². The standard InChI is InChI=1S/C21H15N3O2/c1-13-8-14(12-22)10-16(9-13)24-18-7-6-15-4-2-3-5-17(15)21(18)23-19(25)11-20(24)26/h2-10H,11H2,1H3,(H,23,25). The lowest BCUT2D eigenvalue weighted by Crippen LogP contribution is -2.26. The van der Waals surface area contributed by atoms with Gasteiger partial charge in [-0.3, -0.25) is 14.5 Å². The first-order valence-electron chi connectivity index (χ1n) is 8.23. The zero-order valence-corrected chi connectivity index (χ0v) is 14.1. The Hall–Kier alpha value is -3.65. The third kappa shape index (κ3) is 2.58. The molecule has 0 aliphatic carbocycles. The van der Waals surface area contributed by atoms with Crippen molar-refractivity contribution in [3.63, 3.8) is 0 Å². The number of carbonyl (C=O) groups excluding carboxylic acids is 2. The van der Waals surface area contributed by atoms with Crippen LogP contribution in [-0.2, 0) is 9.59 Å². The van der Waals surface area contributed by atoms with E-state index in [1.807, 2.05) is 49.4 Å². The van der Waals surface area contributed by atoms with Crippen LogP contribution in [0.2, 0.25) is 0 Å². The minimum Gasteiger partial charge on any atom is -0.323 e. The van der Waals surface area contributed by atoms with Gasteiger partial charge in [0.25, 0.3) is 0 Å². The molecule has 3 aromatic rings. The zero-order chi connectivity index (χ0) is 18.3. The number of benzene rings is 3. The monoisotopic (exact) mass is 341 g/mol. The summed E-state index contributed by atoms with van der Waals surface area (Å²) < 4.78 is 0. The number of nitrogens with zero attached hydrogens (tertiary/aromatic N) is 2. The van der Waals surface area contributed by atoms with Crippen LogP contribution in [0.25, 0.3) is 10.8 Å². The van der Waals surface area contributed by atoms with Gasteiger partial charge in [-0.2, -0.15) is 5.26 Å². The Kier molecular flexibility index (Phi) is 3.67. The molecule has 26 heavy (non-hydrogen) atoms. The highest BCUT2D eigenvalue weighted by Gasteiger charge is 2.29. The summed E-state index contributed by atoms with van der Waals surface area (Å²) in [5, 5.41) is 14.0. The number of nitriles is 1. The first-order chi connectivity index (χ1) is 12.6. The van der Waals surface area contributed by atoms with Crippen molar-refractivity contribution in [3.05, 3.63) is 65.7 Å². The number of carbonyl (C=O) groups is 2. The molecule has 5 nitrogen and oxygen atoms in total. The second kappa shape index (κ2) is 6.01. The Morgan fingerprint density at radius 3 is 2.69 bits per heavy atom. The van der Waals surface area contributed by atoms with Crippen molar-refractivity contribution in [2.24, 2.45) is 0 Å². The van der Waals surface area contributed by atoms with Crippen LogP contribution in [0, 0.1) is 18.3 Å². The lowest BCUT2D eigenvalue weighted by atomic mass is 10.1. The Labute approximate surface area is 150 Å². The van der Waals surface area contributed by atoms with E-state index < -0.39 is 0 Å². The molecule has 0 spiro atoms. The maximum Gasteiger partial charge on any atom is 0.241 e. The van der Waals surface area contributed by atoms with Crippen molar-refractivity contribution in [2.75, 3.05) is 10.2 Å². The van der Waals surface area contributed by atoms with Gasteiger partial charge in [-0.05, 0) is 42.1 Å². The van der Waals surface area contributed by atoms with E-state index in [1.165, 1.54) is 4.90 Å². The number of amides is 2. The van der Waals surface area contributed by atoms with Gasteiger partial charge in [0, 0.05) is 5.39 Å². The highest BCUT2D eigenvalue weighted by Crippen LogP contribution is 2.40. The summed E-state index contributed by atoms with van der Waals surface area (Å²) in [6.07, 6.45) is -0.251. The fraction of sp³-hybridized carbons (Fsp3) is 0.0952. The maximum absolute atomic E-state index is 12.8. The lowest BCUT2D eigenvalue weighted by Gasteiger charge is -2.24. The van der Waals surface area contributed by atoms with Gasteiger partial charge in [-0.1, -0.05) is 30.3 Å². The van der Waals surface area contributed by atoms with E-state index in [9.17, 15) is 14.9 Å². The van der Waals surface area contributed by atoms with Crippen molar-refractivity contribution >= 4 is 39.6 Å². The largest absolute Gasteiger partial charge is 0.323 e. The summed E-state index contributed by atoms with van der Waals surface area (Å²) in [4.78, 5) is 26.6. The topological polar surface area (TPSA) is 73.2 Å². The van der Waals surface area contributed by atoms with Crippen molar-refractivity contribution in [1.82, 2.24) is 0 Å². The molecule has 0 radical (unpaired) electrons. The van der Waals surface area contributed by atoms with Crippen molar-refractivity contribution in [3.8, 4) is 6.07 Å². The number of hydrogen-bond donors (Lipinski definition) is 1. The van der Waals surface area contributed by atoms with Crippen LogP contribution < -0.4 is 10.2 Å². The molecule has 0 bridgehead atoms. The molecule has 3 aromatic carbocycles. The van der Waals surface area contributed by atoms with E-state index >= 15 is 0 Å². The lowest BCUT2D eigenvalue weighted by molar-refractivity contribution is -0.124. The Morgan fingerprint density at radius 1 is 1.08 bits per heavy atom. The highest BCUT2D eigenvalue weighted by molar-refractivity contribution is 6.21. The van der Waals surface area contributed by atoms with E-state index in [-0.39, 0.29) is 18.2 Å². The van der Waals surface area contributed by atoms with Crippen LogP contribution in [0.3, 0.4) is 0 Å². The van der Waals surface area contributed by atoms with Crippen LogP contribution in [0.15, 0.2) is 54.6 Å². The summed E-state index contributed by atoms with van der Waals surface area (Å²) in [7, 11) is 0. The van der Waals surface area contributed by atoms with Gasteiger partial charge in [0.2, 0.25) is 11.8 Å². The average molecular weight is 341 g/mol. The summed E-state index contributed by atoms with van der Waals surface area (Å²) >= 11 is 0. The molecule has 0 aromatic heterocycles. The molecule has 2 amide bonds. The van der Waals surface area contributed by atoms with E-state index in [2.05, 4.69) is 11.4 Å². The minimum atomic E-state index is -0.344. The number of hydrogen-bond acceptors (Lipinski definition) is 3. The molecule has 1 aliphatic heterocycles. The average Bonchev–Trinajstić information content (AvgIpc) is 2.75. The number of rotatable bonds is 1. The van der Waals surface area contributed by atoms with E-state index in [0.29, 0.717) is 22.6 Å². The van der Waals surface area contributed by atoms with Crippen LogP contribution in [0.1, 0.15) is 17.5 Å². The van der Waals surface area contributed by atoms with E-state index in [0.717, 1.165) is 16.3 Å². The SMILES string of the molecule is Cc1cc(C#N)cc(N2C(=O)CC(=O)Nc3c2ccc2ccccc32)c1. The van der Waals surface area contributed by atoms with Gasteiger partial charge in [-0.25, -0.2) is 0 Å². The normalized spacial score (nSPS) is 13.8. The van der Waals surface area contributed by atoms with E-state index in [4.69, 9.17) is 0 Å². The highest BCUT2D eigenvalue weighted by atomic mass is 16.2. The van der Waals surface area contributed by atoms with Crippen LogP contribution >= 0.6 is 0 Å². The van der Waals surface area contributed by atoms with Crippen molar-refractivity contribution in [2.45, 2.75) is 13.3 Å². The molecule has 0 fully saturated rings. The third-order valence-corrected chi connectivity index (χ3v) is 4.42. The fourth-order valence-electron chi connectivity index (χ4n) is 3.35. The van der Waals surface area contributed by atoms with Gasteiger partial charge < -0.3 is 5.32 Å². The first kappa shape index (κ1) is 15.9. The molecular weight excluding hydrogens is 326 g/mol. The summed E-state index contributed by atoms with van der Waals surface area (Å²) in [6.45, 7) is 1.87. The second-order valence-electron chi connectivity index (χ2n) is 6.30. The van der Waals surface area contributed by atoms with Crippen LogP contribution in [-0.4, -0.2) is 11.8 Å². The van der Waals surface area contributed by atoms with Gasteiger partial charge >= 0.3 is 0 Å². The number of fused-ring (bicyclic) bond motifs is 3. The summed E-state index contributed by atoms with van der Waals surface area (Å²) in [6, 6.07) is 18.8. The number of anilines is 3. The fourth-order valence-corrected chi connectivity index (χ4v) is 3.35. The molecule has 1 aliphatic rings. The molecule has 1 N–H and O–H groups in total. The smallest absolute Gasteiger partial charge is 0.241 e. The molecule has 0 unspecified atom stereocenters. The molecule has 5 heteroatoms. The van der Waals surface area contributed by atoms with Crippen LogP contribution in [0.5, 0.6) is 0 Å². The molecular formula is C21H15N3O2. The predicted octanol–water partition coefficient (Wildman–Crippen LogP) is 4.03. The van der Waals surface area contributed by atoms with Crippen molar-refractivity contribution < 1.29 is 9.59 Å². The number of aryl methyl sites for hydroxylation is 1. The van der Waals surface area contributed by atoms with Gasteiger partial charge in [0.1, 0.15) is 6.42 Å². The predicted molar refractivity (Wildman–Crippen MR) is 100 cm³/mol. The molecule has 126 valence electrons. The molecule has 0 saturated carbocycles. The van der Waals surface area contributed by atoms with E-state index in [1.54, 1.807) is 12.1 Å². The number of nitrogens with one attached hydrogen (secondary N) is 1. The Bertz CT molecular complexity index is 1110. The summed E-state index contributed by atoms with van der Waals surface area (Å²) in [5.41, 5.74) is 3.14.